The Hall–Kier alpha value is -1.12. The van der Waals surface area contributed by atoms with Crippen molar-refractivity contribution in [2.75, 3.05) is 0 Å². The van der Waals surface area contributed by atoms with Crippen molar-refractivity contribution < 1.29 is 10.2 Å². The largest absolute Gasteiger partial charge is 0.390 e. The van der Waals surface area contributed by atoms with Gasteiger partial charge in [-0.1, -0.05) is 83.1 Å². The number of aliphatic hydroxyl groups excluding tert-OH is 1. The molecule has 2 saturated carbocycles. The quantitative estimate of drug-likeness (QED) is 0.415. The molecule has 2 fully saturated rings. The molecule has 2 rings (SSSR count). The lowest BCUT2D eigenvalue weighted by atomic mass is 9.56. The second-order valence-corrected chi connectivity index (χ2v) is 11.2. The van der Waals surface area contributed by atoms with Crippen LogP contribution in [0, 0.1) is 29.1 Å². The van der Waals surface area contributed by atoms with E-state index in [0.29, 0.717) is 17.8 Å². The number of allylic oxidation sites excluding steroid dienone is 4. The first-order valence-corrected chi connectivity index (χ1v) is 12.5. The molecule has 0 aromatic rings. The summed E-state index contributed by atoms with van der Waals surface area (Å²) in [4.78, 5) is 0. The highest BCUT2D eigenvalue weighted by Gasteiger charge is 2.43. The molecule has 2 unspecified atom stereocenters. The molecule has 6 atom stereocenters. The van der Waals surface area contributed by atoms with Gasteiger partial charge in [0.05, 0.1) is 11.7 Å². The molecule has 0 amide bonds. The third-order valence-corrected chi connectivity index (χ3v) is 8.69. The van der Waals surface area contributed by atoms with Crippen LogP contribution in [0.2, 0.25) is 0 Å². The van der Waals surface area contributed by atoms with Crippen LogP contribution in [0.3, 0.4) is 0 Å². The van der Waals surface area contributed by atoms with E-state index in [9.17, 15) is 10.2 Å². The standard InChI is InChI=1S/C29H48O2/c1-9-26(20(2)12-14-22(4)28(6,7)31)29(8)18-10-11-25(23(29)5)17-16-24-15-13-21(3)27(30)19-24/h12,14,16-17,20,22-23,26-27,30-31H,3,9-11,13,15,18-19H2,1-2,4-8H3/b14-12+,24-16-,25-17+/t20-,22+,23?,26?,27+,29-/m0/s1. The first kappa shape index (κ1) is 26.1. The Bertz CT molecular complexity index is 705. The molecule has 0 aromatic heterocycles. The predicted octanol–water partition coefficient (Wildman–Crippen LogP) is 7.39. The van der Waals surface area contributed by atoms with Crippen LogP contribution in [0.5, 0.6) is 0 Å². The summed E-state index contributed by atoms with van der Waals surface area (Å²) in [6.07, 6.45) is 16.4. The maximum atomic E-state index is 10.3. The van der Waals surface area contributed by atoms with E-state index < -0.39 is 5.60 Å². The van der Waals surface area contributed by atoms with Gasteiger partial charge in [-0.05, 0) is 81.1 Å². The fourth-order valence-corrected chi connectivity index (χ4v) is 5.77. The molecule has 0 aliphatic heterocycles. The van der Waals surface area contributed by atoms with Crippen molar-refractivity contribution in [1.29, 1.82) is 0 Å². The van der Waals surface area contributed by atoms with Gasteiger partial charge in [-0.2, -0.15) is 0 Å². The molecule has 0 spiro atoms. The lowest BCUT2D eigenvalue weighted by Crippen LogP contribution is -2.40. The lowest BCUT2D eigenvalue weighted by molar-refractivity contribution is 0.0425. The summed E-state index contributed by atoms with van der Waals surface area (Å²) in [7, 11) is 0. The minimum atomic E-state index is -0.678. The Labute approximate surface area is 192 Å². The second-order valence-electron chi connectivity index (χ2n) is 11.2. The summed E-state index contributed by atoms with van der Waals surface area (Å²) < 4.78 is 0. The van der Waals surface area contributed by atoms with E-state index in [1.165, 1.54) is 31.3 Å². The molecule has 176 valence electrons. The van der Waals surface area contributed by atoms with E-state index in [2.05, 4.69) is 65.5 Å². The number of rotatable bonds is 7. The third kappa shape index (κ3) is 6.45. The SMILES string of the molecule is C=C1CC/C(=C/C=C2\CCC[C@](C)(C(CC)[C@@H](C)/C=C/[C@@H](C)C(C)(C)O)C2C)C[C@H]1O. The summed E-state index contributed by atoms with van der Waals surface area (Å²) in [5.41, 5.74) is 3.51. The van der Waals surface area contributed by atoms with Crippen molar-refractivity contribution >= 4 is 0 Å². The van der Waals surface area contributed by atoms with Crippen molar-refractivity contribution in [3.05, 3.63) is 47.6 Å². The Balaban J connectivity index is 2.18. The van der Waals surface area contributed by atoms with E-state index in [4.69, 9.17) is 0 Å². The second kappa shape index (κ2) is 10.7. The van der Waals surface area contributed by atoms with Gasteiger partial charge in [0.1, 0.15) is 0 Å². The van der Waals surface area contributed by atoms with Gasteiger partial charge in [0.15, 0.2) is 0 Å². The average molecular weight is 429 g/mol. The molecular weight excluding hydrogens is 380 g/mol. The first-order chi connectivity index (χ1) is 14.4. The van der Waals surface area contributed by atoms with Gasteiger partial charge in [-0.25, -0.2) is 0 Å². The molecule has 0 aromatic carbocycles. The summed E-state index contributed by atoms with van der Waals surface area (Å²) in [5, 5.41) is 20.4. The topological polar surface area (TPSA) is 40.5 Å². The molecule has 2 aliphatic rings. The highest BCUT2D eigenvalue weighted by molar-refractivity contribution is 5.27. The average Bonchev–Trinajstić information content (AvgIpc) is 2.69. The molecular formula is C29H48O2. The zero-order chi connectivity index (χ0) is 23.4. The summed E-state index contributed by atoms with van der Waals surface area (Å²) in [6.45, 7) is 19.5. The zero-order valence-electron chi connectivity index (χ0n) is 21.2. The van der Waals surface area contributed by atoms with Gasteiger partial charge < -0.3 is 10.2 Å². The molecule has 0 radical (unpaired) electrons. The van der Waals surface area contributed by atoms with E-state index in [-0.39, 0.29) is 17.4 Å². The fraction of sp³-hybridized carbons (Fsp3) is 0.724. The van der Waals surface area contributed by atoms with Crippen LogP contribution in [-0.4, -0.2) is 21.9 Å². The van der Waals surface area contributed by atoms with Crippen LogP contribution < -0.4 is 0 Å². The van der Waals surface area contributed by atoms with Gasteiger partial charge in [-0.3, -0.25) is 0 Å². The highest BCUT2D eigenvalue weighted by atomic mass is 16.3. The van der Waals surface area contributed by atoms with E-state index in [1.807, 2.05) is 13.8 Å². The van der Waals surface area contributed by atoms with Crippen LogP contribution in [0.4, 0.5) is 0 Å². The fourth-order valence-electron chi connectivity index (χ4n) is 5.77. The third-order valence-electron chi connectivity index (χ3n) is 8.69. The van der Waals surface area contributed by atoms with Crippen LogP contribution in [0.25, 0.3) is 0 Å². The van der Waals surface area contributed by atoms with Gasteiger partial charge in [0.2, 0.25) is 0 Å². The van der Waals surface area contributed by atoms with E-state index in [0.717, 1.165) is 24.8 Å². The van der Waals surface area contributed by atoms with Gasteiger partial charge in [-0.15, -0.1) is 0 Å². The number of hydrogen-bond donors (Lipinski definition) is 2. The highest BCUT2D eigenvalue weighted by Crippen LogP contribution is 2.52. The smallest absolute Gasteiger partial charge is 0.0784 e. The van der Waals surface area contributed by atoms with Gasteiger partial charge in [0, 0.05) is 5.92 Å². The lowest BCUT2D eigenvalue weighted by Gasteiger charge is -2.48. The molecule has 2 nitrogen and oxygen atoms in total. The molecule has 2 N–H and O–H groups in total. The van der Waals surface area contributed by atoms with E-state index in [1.54, 1.807) is 5.57 Å². The molecule has 0 saturated heterocycles. The first-order valence-electron chi connectivity index (χ1n) is 12.5. The number of aliphatic hydroxyl groups is 2. The Kier molecular flexibility index (Phi) is 8.99. The minimum absolute atomic E-state index is 0.146. The molecule has 31 heavy (non-hydrogen) atoms. The Morgan fingerprint density at radius 1 is 1.16 bits per heavy atom. The van der Waals surface area contributed by atoms with Crippen LogP contribution in [-0.2, 0) is 0 Å². The summed E-state index contributed by atoms with van der Waals surface area (Å²) in [6, 6.07) is 0. The summed E-state index contributed by atoms with van der Waals surface area (Å²) in [5.74, 6) is 1.80. The molecule has 0 heterocycles. The normalized spacial score (nSPS) is 33.8. The zero-order valence-corrected chi connectivity index (χ0v) is 21.2. The molecule has 2 heteroatoms. The molecule has 2 aliphatic carbocycles. The predicted molar refractivity (Wildman–Crippen MR) is 134 cm³/mol. The maximum Gasteiger partial charge on any atom is 0.0784 e. The Morgan fingerprint density at radius 2 is 1.84 bits per heavy atom. The monoisotopic (exact) mass is 428 g/mol. The van der Waals surface area contributed by atoms with Crippen molar-refractivity contribution in [3.8, 4) is 0 Å². The minimum Gasteiger partial charge on any atom is -0.390 e. The van der Waals surface area contributed by atoms with Crippen LogP contribution in [0.15, 0.2) is 47.6 Å². The van der Waals surface area contributed by atoms with Crippen LogP contribution >= 0.6 is 0 Å². The van der Waals surface area contributed by atoms with Crippen molar-refractivity contribution in [2.24, 2.45) is 29.1 Å². The van der Waals surface area contributed by atoms with Gasteiger partial charge in [0.25, 0.3) is 0 Å². The molecule has 0 bridgehead atoms. The van der Waals surface area contributed by atoms with Crippen molar-refractivity contribution in [2.45, 2.75) is 105 Å². The Morgan fingerprint density at radius 3 is 2.42 bits per heavy atom. The van der Waals surface area contributed by atoms with Crippen LogP contribution in [0.1, 0.15) is 93.4 Å². The summed E-state index contributed by atoms with van der Waals surface area (Å²) >= 11 is 0. The van der Waals surface area contributed by atoms with Crippen molar-refractivity contribution in [3.63, 3.8) is 0 Å². The van der Waals surface area contributed by atoms with E-state index >= 15 is 0 Å². The van der Waals surface area contributed by atoms with Crippen molar-refractivity contribution in [1.82, 2.24) is 0 Å². The number of hydrogen-bond acceptors (Lipinski definition) is 2. The maximum absolute atomic E-state index is 10.3. The van der Waals surface area contributed by atoms with Gasteiger partial charge >= 0.3 is 0 Å².